The average Bonchev–Trinajstić information content (AvgIpc) is 2.73. The highest BCUT2D eigenvalue weighted by atomic mass is 16.5. The van der Waals surface area contributed by atoms with E-state index in [2.05, 4.69) is 4.98 Å². The number of aryl methyl sites for hydroxylation is 1. The van der Waals surface area contributed by atoms with Gasteiger partial charge in [-0.05, 0) is 20.3 Å². The fraction of sp³-hybridized carbons (Fsp3) is 0.667. The Bertz CT molecular complexity index is 359. The predicted octanol–water partition coefficient (Wildman–Crippen LogP) is 1.99. The second-order valence-electron chi connectivity index (χ2n) is 3.40. The number of oxazole rings is 1. The molecule has 0 fully saturated rings. The van der Waals surface area contributed by atoms with Gasteiger partial charge in [0.2, 0.25) is 5.76 Å². The van der Waals surface area contributed by atoms with E-state index in [1.54, 1.807) is 6.92 Å². The molecule has 96 valence electrons. The molecule has 0 saturated heterocycles. The average molecular weight is 241 g/mol. The first-order chi connectivity index (χ1) is 8.22. The van der Waals surface area contributed by atoms with Crippen LogP contribution in [0.3, 0.4) is 0 Å². The van der Waals surface area contributed by atoms with Crippen LogP contribution in [0.2, 0.25) is 0 Å². The van der Waals surface area contributed by atoms with Gasteiger partial charge in [-0.3, -0.25) is 0 Å². The summed E-state index contributed by atoms with van der Waals surface area (Å²) in [4.78, 5) is 15.8. The molecule has 1 heterocycles. The molecular weight excluding hydrogens is 222 g/mol. The standard InChI is InChI=1S/C12H19NO4/c1-4-9-11(12(14)16-6-3)17-10(13-9)7-8-15-5-2/h4-8H2,1-3H3. The van der Waals surface area contributed by atoms with Crippen molar-refractivity contribution in [2.45, 2.75) is 33.6 Å². The van der Waals surface area contributed by atoms with Crippen LogP contribution in [-0.2, 0) is 22.3 Å². The number of esters is 1. The van der Waals surface area contributed by atoms with Crippen LogP contribution in [0, 0.1) is 0 Å². The minimum Gasteiger partial charge on any atom is -0.460 e. The minimum absolute atomic E-state index is 0.223. The molecule has 1 rings (SSSR count). The first-order valence-corrected chi connectivity index (χ1v) is 5.96. The van der Waals surface area contributed by atoms with Crippen LogP contribution in [0.5, 0.6) is 0 Å². The first-order valence-electron chi connectivity index (χ1n) is 5.96. The zero-order valence-electron chi connectivity index (χ0n) is 10.6. The Hall–Kier alpha value is -1.36. The van der Waals surface area contributed by atoms with E-state index in [-0.39, 0.29) is 5.76 Å². The summed E-state index contributed by atoms with van der Waals surface area (Å²) in [5, 5.41) is 0. The quantitative estimate of drug-likeness (QED) is 0.539. The normalized spacial score (nSPS) is 10.5. The zero-order chi connectivity index (χ0) is 12.7. The molecule has 0 amide bonds. The Morgan fingerprint density at radius 3 is 2.65 bits per heavy atom. The molecule has 0 radical (unpaired) electrons. The van der Waals surface area contributed by atoms with E-state index in [4.69, 9.17) is 13.9 Å². The molecule has 0 atom stereocenters. The smallest absolute Gasteiger partial charge is 0.376 e. The molecule has 0 aliphatic carbocycles. The topological polar surface area (TPSA) is 61.6 Å². The number of nitrogens with zero attached hydrogens (tertiary/aromatic N) is 1. The molecule has 1 aromatic rings. The van der Waals surface area contributed by atoms with Crippen LogP contribution in [0.4, 0.5) is 0 Å². The maximum atomic E-state index is 11.6. The van der Waals surface area contributed by atoms with Crippen molar-refractivity contribution in [1.82, 2.24) is 4.98 Å². The lowest BCUT2D eigenvalue weighted by atomic mass is 10.3. The molecule has 5 nitrogen and oxygen atoms in total. The largest absolute Gasteiger partial charge is 0.460 e. The fourth-order valence-electron chi connectivity index (χ4n) is 1.41. The third kappa shape index (κ3) is 3.85. The van der Waals surface area contributed by atoms with E-state index in [1.807, 2.05) is 13.8 Å². The van der Waals surface area contributed by atoms with E-state index >= 15 is 0 Å². The molecule has 0 spiro atoms. The van der Waals surface area contributed by atoms with Crippen molar-refractivity contribution in [1.29, 1.82) is 0 Å². The first kappa shape index (κ1) is 13.7. The summed E-state index contributed by atoms with van der Waals surface area (Å²) in [5.74, 6) is 0.304. The number of hydrogen-bond donors (Lipinski definition) is 0. The number of carbonyl (C=O) groups excluding carboxylic acids is 1. The van der Waals surface area contributed by atoms with Crippen LogP contribution in [0.25, 0.3) is 0 Å². The van der Waals surface area contributed by atoms with E-state index in [9.17, 15) is 4.79 Å². The number of aromatic nitrogens is 1. The van der Waals surface area contributed by atoms with Gasteiger partial charge < -0.3 is 13.9 Å². The van der Waals surface area contributed by atoms with Crippen LogP contribution < -0.4 is 0 Å². The van der Waals surface area contributed by atoms with E-state index < -0.39 is 5.97 Å². The van der Waals surface area contributed by atoms with E-state index in [0.29, 0.717) is 44.2 Å². The predicted molar refractivity (Wildman–Crippen MR) is 62.0 cm³/mol. The molecule has 0 bridgehead atoms. The van der Waals surface area contributed by atoms with Crippen LogP contribution >= 0.6 is 0 Å². The SMILES string of the molecule is CCOCCc1nc(CC)c(C(=O)OCC)o1. The molecule has 17 heavy (non-hydrogen) atoms. The Morgan fingerprint density at radius 1 is 1.29 bits per heavy atom. The molecule has 0 aliphatic heterocycles. The van der Waals surface area contributed by atoms with Crippen molar-refractivity contribution in [3.05, 3.63) is 17.3 Å². The molecule has 1 aromatic heterocycles. The van der Waals surface area contributed by atoms with Gasteiger partial charge in [-0.15, -0.1) is 0 Å². The van der Waals surface area contributed by atoms with Gasteiger partial charge in [0.15, 0.2) is 5.89 Å². The lowest BCUT2D eigenvalue weighted by Gasteiger charge is -1.98. The van der Waals surface area contributed by atoms with Crippen molar-refractivity contribution in [2.75, 3.05) is 19.8 Å². The highest BCUT2D eigenvalue weighted by Gasteiger charge is 2.19. The number of rotatable bonds is 7. The van der Waals surface area contributed by atoms with Crippen molar-refractivity contribution in [3.63, 3.8) is 0 Å². The number of ether oxygens (including phenoxy) is 2. The molecule has 0 N–H and O–H groups in total. The third-order valence-corrected chi connectivity index (χ3v) is 2.20. The molecule has 0 unspecified atom stereocenters. The molecule has 5 heteroatoms. The summed E-state index contributed by atoms with van der Waals surface area (Å²) in [5.41, 5.74) is 0.648. The van der Waals surface area contributed by atoms with Gasteiger partial charge in [0, 0.05) is 13.0 Å². The van der Waals surface area contributed by atoms with Crippen LogP contribution in [-0.4, -0.2) is 30.8 Å². The van der Waals surface area contributed by atoms with Gasteiger partial charge in [-0.25, -0.2) is 9.78 Å². The fourth-order valence-corrected chi connectivity index (χ4v) is 1.41. The highest BCUT2D eigenvalue weighted by Crippen LogP contribution is 2.14. The van der Waals surface area contributed by atoms with E-state index in [1.165, 1.54) is 0 Å². The second-order valence-corrected chi connectivity index (χ2v) is 3.40. The van der Waals surface area contributed by atoms with E-state index in [0.717, 1.165) is 0 Å². The molecule has 0 saturated carbocycles. The zero-order valence-corrected chi connectivity index (χ0v) is 10.6. The van der Waals surface area contributed by atoms with Gasteiger partial charge in [-0.1, -0.05) is 6.92 Å². The molecule has 0 aromatic carbocycles. The lowest BCUT2D eigenvalue weighted by molar-refractivity contribution is 0.0485. The summed E-state index contributed by atoms with van der Waals surface area (Å²) in [6.07, 6.45) is 1.21. The second kappa shape index (κ2) is 7.06. The Balaban J connectivity index is 2.72. The van der Waals surface area contributed by atoms with Gasteiger partial charge in [0.1, 0.15) is 0 Å². The van der Waals surface area contributed by atoms with Crippen molar-refractivity contribution in [2.24, 2.45) is 0 Å². The highest BCUT2D eigenvalue weighted by molar-refractivity contribution is 5.87. The lowest BCUT2D eigenvalue weighted by Crippen LogP contribution is -2.05. The third-order valence-electron chi connectivity index (χ3n) is 2.20. The maximum absolute atomic E-state index is 11.6. The summed E-state index contributed by atoms with van der Waals surface area (Å²) in [6, 6.07) is 0. The Morgan fingerprint density at radius 2 is 2.06 bits per heavy atom. The summed E-state index contributed by atoms with van der Waals surface area (Å²) < 4.78 is 15.5. The van der Waals surface area contributed by atoms with Crippen molar-refractivity contribution in [3.8, 4) is 0 Å². The Labute approximate surface area is 101 Å². The molecule has 0 aliphatic rings. The van der Waals surface area contributed by atoms with Gasteiger partial charge in [0.25, 0.3) is 0 Å². The monoisotopic (exact) mass is 241 g/mol. The maximum Gasteiger partial charge on any atom is 0.376 e. The molecular formula is C12H19NO4. The van der Waals surface area contributed by atoms with Gasteiger partial charge in [-0.2, -0.15) is 0 Å². The van der Waals surface area contributed by atoms with Gasteiger partial charge >= 0.3 is 5.97 Å². The summed E-state index contributed by atoms with van der Waals surface area (Å²) in [7, 11) is 0. The summed E-state index contributed by atoms with van der Waals surface area (Å²) >= 11 is 0. The van der Waals surface area contributed by atoms with Crippen molar-refractivity contribution >= 4 is 5.97 Å². The van der Waals surface area contributed by atoms with Crippen molar-refractivity contribution < 1.29 is 18.7 Å². The number of carbonyl (C=O) groups is 1. The van der Waals surface area contributed by atoms with Crippen LogP contribution in [0.15, 0.2) is 4.42 Å². The minimum atomic E-state index is -0.445. The Kier molecular flexibility index (Phi) is 5.69. The van der Waals surface area contributed by atoms with Crippen LogP contribution in [0.1, 0.15) is 42.9 Å². The van der Waals surface area contributed by atoms with Gasteiger partial charge in [0.05, 0.1) is 18.9 Å². The summed E-state index contributed by atoms with van der Waals surface area (Å²) in [6.45, 7) is 7.14. The number of hydrogen-bond acceptors (Lipinski definition) is 5.